The summed E-state index contributed by atoms with van der Waals surface area (Å²) in [6.45, 7) is 1.48. The second-order valence-electron chi connectivity index (χ2n) is 5.44. The maximum absolute atomic E-state index is 12.4. The van der Waals surface area contributed by atoms with Crippen molar-refractivity contribution in [3.8, 4) is 0 Å². The quantitative estimate of drug-likeness (QED) is 0.925. The Labute approximate surface area is 121 Å². The molecule has 1 aromatic carbocycles. The van der Waals surface area contributed by atoms with Crippen LogP contribution in [0.3, 0.4) is 0 Å². The van der Waals surface area contributed by atoms with Crippen molar-refractivity contribution in [2.24, 2.45) is 0 Å². The zero-order valence-electron chi connectivity index (χ0n) is 10.8. The van der Waals surface area contributed by atoms with E-state index in [1.807, 2.05) is 18.2 Å². The zero-order chi connectivity index (χ0) is 13.3. The maximum atomic E-state index is 12.4. The van der Waals surface area contributed by atoms with E-state index in [9.17, 15) is 4.79 Å². The SMILES string of the molecule is O=C(NCC1CCCO1)C1(c2cccc(Br)c2)CC1. The van der Waals surface area contributed by atoms with Gasteiger partial charge in [0.05, 0.1) is 11.5 Å². The monoisotopic (exact) mass is 323 g/mol. The van der Waals surface area contributed by atoms with Crippen LogP contribution in [0.1, 0.15) is 31.2 Å². The molecule has 2 aliphatic rings. The van der Waals surface area contributed by atoms with Gasteiger partial charge in [-0.1, -0.05) is 28.1 Å². The van der Waals surface area contributed by atoms with Crippen molar-refractivity contribution in [2.75, 3.05) is 13.2 Å². The molecule has 1 atom stereocenters. The van der Waals surface area contributed by atoms with Crippen LogP contribution >= 0.6 is 15.9 Å². The molecule has 1 aliphatic carbocycles. The molecule has 102 valence electrons. The standard InChI is InChI=1S/C15H18BrNO2/c16-12-4-1-3-11(9-12)15(6-7-15)14(18)17-10-13-5-2-8-19-13/h1,3-4,9,13H,2,5-8,10H2,(H,17,18). The molecule has 3 rings (SSSR count). The summed E-state index contributed by atoms with van der Waals surface area (Å²) in [5.74, 6) is 0.154. The van der Waals surface area contributed by atoms with E-state index >= 15 is 0 Å². The van der Waals surface area contributed by atoms with Crippen LogP contribution in [0, 0.1) is 0 Å². The van der Waals surface area contributed by atoms with Crippen molar-refractivity contribution < 1.29 is 9.53 Å². The average Bonchev–Trinajstić information content (AvgIpc) is 3.06. The minimum atomic E-state index is -0.289. The molecule has 1 aliphatic heterocycles. The van der Waals surface area contributed by atoms with Crippen LogP contribution in [-0.4, -0.2) is 25.2 Å². The molecule has 1 unspecified atom stereocenters. The van der Waals surface area contributed by atoms with Crippen molar-refractivity contribution in [1.29, 1.82) is 0 Å². The smallest absolute Gasteiger partial charge is 0.230 e. The van der Waals surface area contributed by atoms with Gasteiger partial charge in [0.15, 0.2) is 0 Å². The summed E-state index contributed by atoms with van der Waals surface area (Å²) in [4.78, 5) is 12.4. The Morgan fingerprint density at radius 1 is 1.47 bits per heavy atom. The third-order valence-corrected chi connectivity index (χ3v) is 4.57. The largest absolute Gasteiger partial charge is 0.376 e. The Morgan fingerprint density at radius 3 is 2.95 bits per heavy atom. The highest BCUT2D eigenvalue weighted by Gasteiger charge is 2.51. The molecule has 1 aromatic rings. The van der Waals surface area contributed by atoms with Crippen molar-refractivity contribution in [3.05, 3.63) is 34.3 Å². The van der Waals surface area contributed by atoms with Crippen LogP contribution in [0.15, 0.2) is 28.7 Å². The Morgan fingerprint density at radius 2 is 2.32 bits per heavy atom. The van der Waals surface area contributed by atoms with Gasteiger partial charge in [0, 0.05) is 17.6 Å². The van der Waals surface area contributed by atoms with Crippen LogP contribution in [0.2, 0.25) is 0 Å². The molecule has 4 heteroatoms. The number of ether oxygens (including phenoxy) is 1. The molecule has 0 aromatic heterocycles. The molecule has 19 heavy (non-hydrogen) atoms. The van der Waals surface area contributed by atoms with E-state index in [4.69, 9.17) is 4.74 Å². The third kappa shape index (κ3) is 2.70. The predicted molar refractivity (Wildman–Crippen MR) is 77.0 cm³/mol. The Hall–Kier alpha value is -0.870. The fourth-order valence-corrected chi connectivity index (χ4v) is 3.14. The molecule has 1 heterocycles. The molecule has 0 bridgehead atoms. The summed E-state index contributed by atoms with van der Waals surface area (Å²) in [5, 5.41) is 3.07. The van der Waals surface area contributed by atoms with Gasteiger partial charge in [-0.25, -0.2) is 0 Å². The average molecular weight is 324 g/mol. The van der Waals surface area contributed by atoms with Gasteiger partial charge in [0.25, 0.3) is 0 Å². The highest BCUT2D eigenvalue weighted by Crippen LogP contribution is 2.48. The number of carbonyl (C=O) groups is 1. The third-order valence-electron chi connectivity index (χ3n) is 4.08. The number of hydrogen-bond donors (Lipinski definition) is 1. The minimum Gasteiger partial charge on any atom is -0.376 e. The number of rotatable bonds is 4. The fourth-order valence-electron chi connectivity index (χ4n) is 2.74. The molecule has 2 fully saturated rings. The Bertz CT molecular complexity index is 479. The summed E-state index contributed by atoms with van der Waals surface area (Å²) in [6, 6.07) is 8.08. The minimum absolute atomic E-state index is 0.154. The van der Waals surface area contributed by atoms with Crippen molar-refractivity contribution in [1.82, 2.24) is 5.32 Å². The van der Waals surface area contributed by atoms with Gasteiger partial charge in [-0.05, 0) is 43.4 Å². The summed E-state index contributed by atoms with van der Waals surface area (Å²) in [6.07, 6.45) is 4.27. The second-order valence-corrected chi connectivity index (χ2v) is 6.35. The lowest BCUT2D eigenvalue weighted by Crippen LogP contribution is -2.39. The maximum Gasteiger partial charge on any atom is 0.230 e. The number of benzene rings is 1. The Kier molecular flexibility index (Phi) is 3.63. The van der Waals surface area contributed by atoms with E-state index in [-0.39, 0.29) is 17.4 Å². The molecule has 1 saturated carbocycles. The fraction of sp³-hybridized carbons (Fsp3) is 0.533. The first kappa shape index (κ1) is 13.1. The first-order chi connectivity index (χ1) is 9.21. The van der Waals surface area contributed by atoms with Crippen LogP contribution in [0.5, 0.6) is 0 Å². The highest BCUT2D eigenvalue weighted by atomic mass is 79.9. The van der Waals surface area contributed by atoms with E-state index < -0.39 is 0 Å². The summed E-state index contributed by atoms with van der Waals surface area (Å²) in [7, 11) is 0. The normalized spacial score (nSPS) is 24.2. The van der Waals surface area contributed by atoms with E-state index in [0.29, 0.717) is 6.54 Å². The lowest BCUT2D eigenvalue weighted by atomic mass is 9.95. The molecule has 0 radical (unpaired) electrons. The van der Waals surface area contributed by atoms with Gasteiger partial charge in [0.1, 0.15) is 0 Å². The number of halogens is 1. The van der Waals surface area contributed by atoms with Gasteiger partial charge in [0.2, 0.25) is 5.91 Å². The van der Waals surface area contributed by atoms with E-state index in [0.717, 1.165) is 42.3 Å². The van der Waals surface area contributed by atoms with Gasteiger partial charge >= 0.3 is 0 Å². The van der Waals surface area contributed by atoms with Crippen molar-refractivity contribution >= 4 is 21.8 Å². The van der Waals surface area contributed by atoms with Gasteiger partial charge < -0.3 is 10.1 Å². The molecular formula is C15H18BrNO2. The van der Waals surface area contributed by atoms with Crippen LogP contribution in [-0.2, 0) is 14.9 Å². The number of hydrogen-bond acceptors (Lipinski definition) is 2. The van der Waals surface area contributed by atoms with Crippen LogP contribution in [0.25, 0.3) is 0 Å². The van der Waals surface area contributed by atoms with E-state index in [1.54, 1.807) is 0 Å². The van der Waals surface area contributed by atoms with Gasteiger partial charge in [-0.15, -0.1) is 0 Å². The topological polar surface area (TPSA) is 38.3 Å². The first-order valence-corrected chi connectivity index (χ1v) is 7.66. The van der Waals surface area contributed by atoms with Crippen LogP contribution < -0.4 is 5.32 Å². The summed E-state index contributed by atoms with van der Waals surface area (Å²) >= 11 is 3.47. The van der Waals surface area contributed by atoms with Crippen LogP contribution in [0.4, 0.5) is 0 Å². The lowest BCUT2D eigenvalue weighted by molar-refractivity contribution is -0.124. The van der Waals surface area contributed by atoms with Gasteiger partial charge in [-0.2, -0.15) is 0 Å². The summed E-state index contributed by atoms with van der Waals surface area (Å²) < 4.78 is 6.57. The van der Waals surface area contributed by atoms with Crippen molar-refractivity contribution in [3.63, 3.8) is 0 Å². The van der Waals surface area contributed by atoms with Crippen molar-refractivity contribution in [2.45, 2.75) is 37.2 Å². The lowest BCUT2D eigenvalue weighted by Gasteiger charge is -2.18. The summed E-state index contributed by atoms with van der Waals surface area (Å²) in [5.41, 5.74) is 0.828. The molecule has 1 saturated heterocycles. The first-order valence-electron chi connectivity index (χ1n) is 6.87. The molecule has 1 amide bonds. The molecule has 3 nitrogen and oxygen atoms in total. The molecule has 0 spiro atoms. The molecule has 1 N–H and O–H groups in total. The Balaban J connectivity index is 1.65. The number of amides is 1. The molecular weight excluding hydrogens is 306 g/mol. The zero-order valence-corrected chi connectivity index (χ0v) is 12.4. The number of nitrogens with one attached hydrogen (secondary N) is 1. The van der Waals surface area contributed by atoms with Gasteiger partial charge in [-0.3, -0.25) is 4.79 Å². The highest BCUT2D eigenvalue weighted by molar-refractivity contribution is 9.10. The predicted octanol–water partition coefficient (Wildman–Crippen LogP) is 2.78. The second kappa shape index (κ2) is 5.25. The number of carbonyl (C=O) groups excluding carboxylic acids is 1. The van der Waals surface area contributed by atoms with E-state index in [2.05, 4.69) is 27.3 Å². The van der Waals surface area contributed by atoms with E-state index in [1.165, 1.54) is 0 Å².